The van der Waals surface area contributed by atoms with Crippen LogP contribution in [0.4, 0.5) is 22.0 Å². The lowest BCUT2D eigenvalue weighted by Crippen LogP contribution is -2.68. The van der Waals surface area contributed by atoms with Gasteiger partial charge in [0, 0.05) is 22.3 Å². The number of carbonyl (C=O) groups is 1. The zero-order valence-electron chi connectivity index (χ0n) is 10.3. The first-order valence-electron chi connectivity index (χ1n) is 5.65. The summed E-state index contributed by atoms with van der Waals surface area (Å²) >= 11 is 0. The van der Waals surface area contributed by atoms with E-state index in [9.17, 15) is 26.7 Å². The molecular weight excluding hydrogens is 267 g/mol. The second-order valence-corrected chi connectivity index (χ2v) is 5.11. The highest BCUT2D eigenvalue weighted by Gasteiger charge is 2.88. The lowest BCUT2D eigenvalue weighted by atomic mass is 9.52. The summed E-state index contributed by atoms with van der Waals surface area (Å²) in [6, 6.07) is 0. The molecule has 0 unspecified atom stereocenters. The summed E-state index contributed by atoms with van der Waals surface area (Å²) in [4.78, 5) is 11.5. The Labute approximate surface area is 105 Å². The second kappa shape index (κ2) is 2.83. The fourth-order valence-electron chi connectivity index (χ4n) is 3.42. The molecule has 0 saturated heterocycles. The average Bonchev–Trinajstić information content (AvgIpc) is 2.25. The van der Waals surface area contributed by atoms with Crippen molar-refractivity contribution in [2.24, 2.45) is 0 Å². The minimum Gasteiger partial charge on any atom is -0.294 e. The third-order valence-electron chi connectivity index (χ3n) is 4.19. The molecule has 0 aliphatic heterocycles. The third kappa shape index (κ3) is 0.894. The highest BCUT2D eigenvalue weighted by Crippen LogP contribution is 2.78. The summed E-state index contributed by atoms with van der Waals surface area (Å²) in [5.41, 5.74) is -6.37. The predicted molar refractivity (Wildman–Crippen MR) is 56.5 cm³/mol. The number of halogens is 5. The van der Waals surface area contributed by atoms with Crippen LogP contribution in [0.25, 0.3) is 0 Å². The molecule has 102 valence electrons. The van der Waals surface area contributed by atoms with Gasteiger partial charge in [0.1, 0.15) is 0 Å². The third-order valence-corrected chi connectivity index (χ3v) is 4.19. The van der Waals surface area contributed by atoms with Gasteiger partial charge in [-0.2, -0.15) is 17.6 Å². The molecule has 0 amide bonds. The predicted octanol–water partition coefficient (Wildman–Crippen LogP) is 3.88. The number of ketones is 1. The minimum atomic E-state index is -4.25. The van der Waals surface area contributed by atoms with Crippen molar-refractivity contribution < 1.29 is 26.7 Å². The van der Waals surface area contributed by atoms with E-state index in [4.69, 9.17) is 0 Å². The lowest BCUT2D eigenvalue weighted by Gasteiger charge is -2.58. The molecule has 0 aromatic heterocycles. The van der Waals surface area contributed by atoms with Crippen LogP contribution in [0.15, 0.2) is 0 Å². The van der Waals surface area contributed by atoms with E-state index in [-0.39, 0.29) is 16.7 Å². The molecule has 1 aromatic rings. The van der Waals surface area contributed by atoms with Gasteiger partial charge in [-0.1, -0.05) is 0 Å². The van der Waals surface area contributed by atoms with E-state index in [1.54, 1.807) is 0 Å². The van der Waals surface area contributed by atoms with Crippen LogP contribution < -0.4 is 0 Å². The van der Waals surface area contributed by atoms with E-state index in [0.717, 1.165) is 6.92 Å². The number of Topliss-reactive ketones (excluding diaryl/α,β-unsaturated/α-hetero) is 1. The van der Waals surface area contributed by atoms with Gasteiger partial charge in [-0.3, -0.25) is 4.79 Å². The van der Waals surface area contributed by atoms with E-state index in [0.29, 0.717) is 0 Å². The topological polar surface area (TPSA) is 17.1 Å². The molecule has 0 N–H and O–H groups in total. The first-order chi connectivity index (χ1) is 8.51. The van der Waals surface area contributed by atoms with Crippen molar-refractivity contribution in [3.05, 3.63) is 33.4 Å². The minimum absolute atomic E-state index is 0.0995. The van der Waals surface area contributed by atoms with Crippen LogP contribution in [0.2, 0.25) is 0 Å². The van der Waals surface area contributed by atoms with Crippen LogP contribution >= 0.6 is 0 Å². The Morgan fingerprint density at radius 2 is 1.21 bits per heavy atom. The molecule has 1 nitrogen and oxygen atoms in total. The van der Waals surface area contributed by atoms with Gasteiger partial charge in [-0.15, -0.1) is 0 Å². The summed E-state index contributed by atoms with van der Waals surface area (Å²) in [6.45, 7) is 3.59. The van der Waals surface area contributed by atoms with Crippen molar-refractivity contribution >= 4 is 5.78 Å². The lowest BCUT2D eigenvalue weighted by molar-refractivity contribution is -0.319. The van der Waals surface area contributed by atoms with Crippen molar-refractivity contribution in [1.29, 1.82) is 0 Å². The van der Waals surface area contributed by atoms with E-state index >= 15 is 0 Å². The Balaban J connectivity index is 2.49. The molecule has 0 fully saturated rings. The van der Waals surface area contributed by atoms with Crippen LogP contribution in [-0.2, 0) is 17.5 Å². The summed E-state index contributed by atoms with van der Waals surface area (Å²) in [7, 11) is 0. The van der Waals surface area contributed by atoms with Gasteiger partial charge in [-0.25, -0.2) is 4.39 Å². The van der Waals surface area contributed by atoms with Crippen molar-refractivity contribution in [3.63, 3.8) is 0 Å². The molecule has 0 heterocycles. The molecule has 6 heteroatoms. The molecular formula is C13H9F5O. The highest BCUT2D eigenvalue weighted by atomic mass is 19.3. The Kier molecular flexibility index (Phi) is 1.87. The monoisotopic (exact) mass is 276 g/mol. The van der Waals surface area contributed by atoms with E-state index in [1.807, 2.05) is 0 Å². The highest BCUT2D eigenvalue weighted by molar-refractivity contribution is 5.99. The largest absolute Gasteiger partial charge is 0.317 e. The van der Waals surface area contributed by atoms with Crippen molar-refractivity contribution in [2.75, 3.05) is 0 Å². The van der Waals surface area contributed by atoms with Crippen molar-refractivity contribution in [2.45, 2.75) is 38.3 Å². The molecule has 2 aliphatic rings. The number of alkyl halides is 5. The quantitative estimate of drug-likeness (QED) is 0.562. The Morgan fingerprint density at radius 3 is 1.53 bits per heavy atom. The zero-order chi connectivity index (χ0) is 14.5. The molecule has 2 aliphatic carbocycles. The summed E-state index contributed by atoms with van der Waals surface area (Å²) in [5, 5.41) is 0. The van der Waals surface area contributed by atoms with Crippen LogP contribution in [0.1, 0.15) is 45.1 Å². The number of benzene rings is 1. The number of carbonyl (C=O) groups excluding carboxylic acids is 1. The first-order valence-corrected chi connectivity index (χ1v) is 5.65. The van der Waals surface area contributed by atoms with Crippen molar-refractivity contribution in [3.8, 4) is 0 Å². The Bertz CT molecular complexity index is 616. The molecule has 0 saturated carbocycles. The summed E-state index contributed by atoms with van der Waals surface area (Å²) in [5.74, 6) is -9.08. The Morgan fingerprint density at radius 1 is 0.842 bits per heavy atom. The average molecular weight is 276 g/mol. The second-order valence-electron chi connectivity index (χ2n) is 5.11. The fraction of sp³-hybridized carbons (Fsp3) is 0.462. The van der Waals surface area contributed by atoms with Crippen LogP contribution in [0.5, 0.6) is 0 Å². The van der Waals surface area contributed by atoms with Gasteiger partial charge in [0.2, 0.25) is 0 Å². The molecule has 0 atom stereocenters. The van der Waals surface area contributed by atoms with Crippen molar-refractivity contribution in [1.82, 2.24) is 0 Å². The molecule has 0 radical (unpaired) electrons. The molecule has 0 spiro atoms. The Hall–Kier alpha value is -1.46. The van der Waals surface area contributed by atoms with Gasteiger partial charge >= 0.3 is 11.8 Å². The summed E-state index contributed by atoms with van der Waals surface area (Å²) in [6.07, 6.45) is 0. The first kappa shape index (κ1) is 12.6. The van der Waals surface area contributed by atoms with Gasteiger partial charge in [0.15, 0.2) is 5.78 Å². The van der Waals surface area contributed by atoms with Crippen LogP contribution in [0, 0.1) is 13.8 Å². The SMILES string of the molecule is CC(=O)c1c(C)c2c3c(c1C)C(F)(F)C3(F)C2(F)F. The number of hydrogen-bond acceptors (Lipinski definition) is 1. The maximum atomic E-state index is 13.9. The fourth-order valence-corrected chi connectivity index (χ4v) is 3.42. The molecule has 19 heavy (non-hydrogen) atoms. The van der Waals surface area contributed by atoms with Crippen LogP contribution in [-0.4, -0.2) is 5.78 Å². The van der Waals surface area contributed by atoms with E-state index in [1.165, 1.54) is 13.8 Å². The molecule has 3 rings (SSSR count). The van der Waals surface area contributed by atoms with E-state index < -0.39 is 40.0 Å². The smallest absolute Gasteiger partial charge is 0.294 e. The molecule has 1 aromatic carbocycles. The maximum absolute atomic E-state index is 13.9. The summed E-state index contributed by atoms with van der Waals surface area (Å²) < 4.78 is 68.8. The zero-order valence-corrected chi connectivity index (χ0v) is 10.3. The van der Waals surface area contributed by atoms with Gasteiger partial charge in [-0.05, 0) is 31.9 Å². The van der Waals surface area contributed by atoms with Gasteiger partial charge in [0.05, 0.1) is 0 Å². The molecule has 0 bridgehead atoms. The standard InChI is InChI=1S/C13H9F5O/c1-4-7(6(3)19)5(2)9-10-8(4)12(15,16)11(10,14)13(9,17)18/h1-3H3. The number of hydrogen-bond donors (Lipinski definition) is 0. The van der Waals surface area contributed by atoms with Crippen LogP contribution in [0.3, 0.4) is 0 Å². The van der Waals surface area contributed by atoms with E-state index in [2.05, 4.69) is 0 Å². The normalized spacial score (nSPS) is 23.2. The van der Waals surface area contributed by atoms with Gasteiger partial charge < -0.3 is 0 Å². The maximum Gasteiger partial charge on any atom is 0.317 e. The van der Waals surface area contributed by atoms with Gasteiger partial charge in [0.25, 0.3) is 5.67 Å². The number of rotatable bonds is 1.